The highest BCUT2D eigenvalue weighted by Crippen LogP contribution is 2.29. The first-order valence-electron chi connectivity index (χ1n) is 8.57. The Morgan fingerprint density at radius 2 is 1.79 bits per heavy atom. The third-order valence-electron chi connectivity index (χ3n) is 5.25. The van der Waals surface area contributed by atoms with Crippen LogP contribution >= 0.6 is 0 Å². The Morgan fingerprint density at radius 3 is 2.42 bits per heavy atom. The molecule has 1 saturated heterocycles. The fraction of sp³-hybridized carbons (Fsp3) is 1.00. The first-order valence-corrected chi connectivity index (χ1v) is 8.57. The van der Waals surface area contributed by atoms with E-state index in [1.54, 1.807) is 0 Å². The van der Waals surface area contributed by atoms with Crippen molar-refractivity contribution in [1.82, 2.24) is 10.2 Å². The molecule has 2 aliphatic rings. The van der Waals surface area contributed by atoms with Gasteiger partial charge < -0.3 is 5.32 Å². The summed E-state index contributed by atoms with van der Waals surface area (Å²) in [4.78, 5) is 2.77. The molecule has 1 saturated carbocycles. The zero-order chi connectivity index (χ0) is 13.8. The van der Waals surface area contributed by atoms with E-state index in [0.717, 1.165) is 23.9 Å². The van der Waals surface area contributed by atoms with Crippen molar-refractivity contribution in [3.05, 3.63) is 0 Å². The van der Waals surface area contributed by atoms with Gasteiger partial charge in [-0.05, 0) is 44.9 Å². The monoisotopic (exact) mass is 266 g/mol. The normalized spacial score (nSPS) is 32.7. The van der Waals surface area contributed by atoms with Gasteiger partial charge in [-0.1, -0.05) is 33.1 Å². The van der Waals surface area contributed by atoms with E-state index in [2.05, 4.69) is 37.9 Å². The standard InChI is InChI=1S/C17H34N2/c1-13(2)10-14(3)19-12-17(18-11-15(19)4)16-8-6-5-7-9-16/h13-18H,5-12H2,1-4H3. The summed E-state index contributed by atoms with van der Waals surface area (Å²) >= 11 is 0. The maximum absolute atomic E-state index is 3.84. The Labute approximate surface area is 120 Å². The van der Waals surface area contributed by atoms with Crippen LogP contribution in [-0.2, 0) is 0 Å². The van der Waals surface area contributed by atoms with E-state index < -0.39 is 0 Å². The van der Waals surface area contributed by atoms with E-state index in [0.29, 0.717) is 6.04 Å². The lowest BCUT2D eigenvalue weighted by atomic mass is 9.82. The second kappa shape index (κ2) is 7.08. The molecule has 112 valence electrons. The molecule has 1 heterocycles. The van der Waals surface area contributed by atoms with Crippen molar-refractivity contribution < 1.29 is 0 Å². The molecule has 2 heteroatoms. The van der Waals surface area contributed by atoms with Gasteiger partial charge in [0, 0.05) is 31.2 Å². The molecule has 0 aromatic rings. The summed E-state index contributed by atoms with van der Waals surface area (Å²) in [5, 5.41) is 3.84. The van der Waals surface area contributed by atoms with Crippen molar-refractivity contribution in [1.29, 1.82) is 0 Å². The topological polar surface area (TPSA) is 15.3 Å². The molecule has 2 nitrogen and oxygen atoms in total. The lowest BCUT2D eigenvalue weighted by Crippen LogP contribution is -2.60. The average Bonchev–Trinajstić information content (AvgIpc) is 2.39. The van der Waals surface area contributed by atoms with Crippen molar-refractivity contribution >= 4 is 0 Å². The van der Waals surface area contributed by atoms with Gasteiger partial charge in [-0.3, -0.25) is 4.90 Å². The highest BCUT2D eigenvalue weighted by Gasteiger charge is 2.33. The Morgan fingerprint density at radius 1 is 1.11 bits per heavy atom. The number of rotatable bonds is 4. The predicted octanol–water partition coefficient (Wildman–Crippen LogP) is 3.66. The fourth-order valence-electron chi connectivity index (χ4n) is 4.20. The zero-order valence-electron chi connectivity index (χ0n) is 13.5. The fourth-order valence-corrected chi connectivity index (χ4v) is 4.20. The van der Waals surface area contributed by atoms with E-state index in [9.17, 15) is 0 Å². The minimum absolute atomic E-state index is 0.702. The number of nitrogens with one attached hydrogen (secondary N) is 1. The molecular formula is C17H34N2. The summed E-state index contributed by atoms with van der Waals surface area (Å²) in [6, 6.07) is 2.20. The second-order valence-electron chi connectivity index (χ2n) is 7.44. The van der Waals surface area contributed by atoms with Gasteiger partial charge in [-0.2, -0.15) is 0 Å². The number of hydrogen-bond donors (Lipinski definition) is 1. The maximum atomic E-state index is 3.84. The van der Waals surface area contributed by atoms with Gasteiger partial charge in [0.2, 0.25) is 0 Å². The van der Waals surface area contributed by atoms with E-state index in [4.69, 9.17) is 0 Å². The van der Waals surface area contributed by atoms with E-state index >= 15 is 0 Å². The number of piperazine rings is 1. The highest BCUT2D eigenvalue weighted by molar-refractivity contribution is 4.91. The second-order valence-corrected chi connectivity index (χ2v) is 7.44. The Hall–Kier alpha value is -0.0800. The van der Waals surface area contributed by atoms with E-state index in [1.165, 1.54) is 51.6 Å². The van der Waals surface area contributed by atoms with Crippen LogP contribution in [0.25, 0.3) is 0 Å². The van der Waals surface area contributed by atoms with Crippen LogP contribution in [0, 0.1) is 11.8 Å². The third kappa shape index (κ3) is 4.19. The van der Waals surface area contributed by atoms with Gasteiger partial charge in [0.05, 0.1) is 0 Å². The molecule has 1 aliphatic heterocycles. The van der Waals surface area contributed by atoms with Crippen LogP contribution in [0.3, 0.4) is 0 Å². The third-order valence-corrected chi connectivity index (χ3v) is 5.25. The summed E-state index contributed by atoms with van der Waals surface area (Å²) in [5.74, 6) is 1.75. The molecule has 2 rings (SSSR count). The van der Waals surface area contributed by atoms with Crippen LogP contribution < -0.4 is 5.32 Å². The average molecular weight is 266 g/mol. The predicted molar refractivity (Wildman–Crippen MR) is 83.5 cm³/mol. The van der Waals surface area contributed by atoms with Crippen LogP contribution in [0.15, 0.2) is 0 Å². The minimum Gasteiger partial charge on any atom is -0.311 e. The summed E-state index contributed by atoms with van der Waals surface area (Å²) < 4.78 is 0. The number of hydrogen-bond acceptors (Lipinski definition) is 2. The van der Waals surface area contributed by atoms with Crippen molar-refractivity contribution in [2.75, 3.05) is 13.1 Å². The molecule has 1 aliphatic carbocycles. The lowest BCUT2D eigenvalue weighted by molar-refractivity contribution is 0.0641. The largest absolute Gasteiger partial charge is 0.311 e. The van der Waals surface area contributed by atoms with Gasteiger partial charge in [-0.15, -0.1) is 0 Å². The first-order chi connectivity index (χ1) is 9.08. The molecule has 3 atom stereocenters. The minimum atomic E-state index is 0.702. The molecule has 0 aromatic heterocycles. The van der Waals surface area contributed by atoms with Crippen LogP contribution in [0.2, 0.25) is 0 Å². The van der Waals surface area contributed by atoms with Crippen LogP contribution in [0.1, 0.15) is 66.2 Å². The van der Waals surface area contributed by atoms with Crippen LogP contribution in [0.4, 0.5) is 0 Å². The summed E-state index contributed by atoms with van der Waals surface area (Å²) in [5.41, 5.74) is 0. The Balaban J connectivity index is 1.91. The van der Waals surface area contributed by atoms with Crippen LogP contribution in [-0.4, -0.2) is 36.1 Å². The van der Waals surface area contributed by atoms with Crippen LogP contribution in [0.5, 0.6) is 0 Å². The van der Waals surface area contributed by atoms with Crippen molar-refractivity contribution in [3.63, 3.8) is 0 Å². The van der Waals surface area contributed by atoms with Gasteiger partial charge in [0.1, 0.15) is 0 Å². The molecular weight excluding hydrogens is 232 g/mol. The summed E-state index contributed by atoms with van der Waals surface area (Å²) in [7, 11) is 0. The molecule has 19 heavy (non-hydrogen) atoms. The van der Waals surface area contributed by atoms with Gasteiger partial charge in [0.25, 0.3) is 0 Å². The van der Waals surface area contributed by atoms with Crippen molar-refractivity contribution in [2.24, 2.45) is 11.8 Å². The molecule has 3 unspecified atom stereocenters. The Kier molecular flexibility index (Phi) is 5.70. The molecule has 0 spiro atoms. The zero-order valence-corrected chi connectivity index (χ0v) is 13.5. The SMILES string of the molecule is CC(C)CC(C)N1CC(C2CCCCC2)NCC1C. The highest BCUT2D eigenvalue weighted by atomic mass is 15.2. The Bertz CT molecular complexity index is 258. The maximum Gasteiger partial charge on any atom is 0.0224 e. The van der Waals surface area contributed by atoms with Gasteiger partial charge >= 0.3 is 0 Å². The quantitative estimate of drug-likeness (QED) is 0.835. The van der Waals surface area contributed by atoms with Gasteiger partial charge in [0.15, 0.2) is 0 Å². The molecule has 2 fully saturated rings. The van der Waals surface area contributed by atoms with E-state index in [1.807, 2.05) is 0 Å². The molecule has 0 bridgehead atoms. The van der Waals surface area contributed by atoms with Crippen molar-refractivity contribution in [2.45, 2.75) is 84.3 Å². The molecule has 0 aromatic carbocycles. The number of nitrogens with zero attached hydrogens (tertiary/aromatic N) is 1. The molecule has 1 N–H and O–H groups in total. The van der Waals surface area contributed by atoms with Crippen molar-refractivity contribution in [3.8, 4) is 0 Å². The smallest absolute Gasteiger partial charge is 0.0224 e. The summed E-state index contributed by atoms with van der Waals surface area (Å²) in [6.07, 6.45) is 8.63. The van der Waals surface area contributed by atoms with Gasteiger partial charge in [-0.25, -0.2) is 0 Å². The lowest BCUT2D eigenvalue weighted by Gasteiger charge is -2.45. The van der Waals surface area contributed by atoms with E-state index in [-0.39, 0.29) is 0 Å². The molecule has 0 radical (unpaired) electrons. The first kappa shape index (κ1) is 15.3. The molecule has 0 amide bonds. The summed E-state index contributed by atoms with van der Waals surface area (Å²) in [6.45, 7) is 12.0.